The highest BCUT2D eigenvalue weighted by Gasteiger charge is 2.51. The van der Waals surface area contributed by atoms with Crippen LogP contribution in [-0.2, 0) is 9.59 Å². The Balaban J connectivity index is 1.48. The van der Waals surface area contributed by atoms with Crippen LogP contribution >= 0.6 is 11.8 Å². The van der Waals surface area contributed by atoms with Gasteiger partial charge in [-0.2, -0.15) is 11.8 Å². The van der Waals surface area contributed by atoms with E-state index in [-0.39, 0.29) is 11.3 Å². The molecule has 0 heterocycles. The lowest BCUT2D eigenvalue weighted by Crippen LogP contribution is -2.54. The van der Waals surface area contributed by atoms with E-state index in [2.05, 4.69) is 16.2 Å². The van der Waals surface area contributed by atoms with Gasteiger partial charge >= 0.3 is 6.03 Å². The first-order valence-electron chi connectivity index (χ1n) is 9.53. The number of nitrogens with two attached hydrogens (primary N) is 1. The van der Waals surface area contributed by atoms with Crippen LogP contribution in [0.1, 0.15) is 51.4 Å². The fourth-order valence-corrected chi connectivity index (χ4v) is 6.26. The monoisotopic (exact) mass is 382 g/mol. The summed E-state index contributed by atoms with van der Waals surface area (Å²) in [4.78, 5) is 35.8. The number of rotatable bonds is 7. The molecule has 1 atom stereocenters. The Morgan fingerprint density at radius 2 is 1.65 bits per heavy atom. The maximum Gasteiger partial charge on any atom is 0.312 e. The maximum absolute atomic E-state index is 12.4. The second kappa shape index (κ2) is 8.06. The summed E-state index contributed by atoms with van der Waals surface area (Å²) in [6.45, 7) is 0. The lowest BCUT2D eigenvalue weighted by Gasteiger charge is -2.56. The van der Waals surface area contributed by atoms with Crippen LogP contribution in [0, 0.1) is 23.2 Å². The molecule has 4 aliphatic carbocycles. The third-order valence-electron chi connectivity index (χ3n) is 6.27. The summed E-state index contributed by atoms with van der Waals surface area (Å²) in [5.41, 5.74) is 10.3. The van der Waals surface area contributed by atoms with Crippen LogP contribution in [0.4, 0.5) is 4.79 Å². The largest absolute Gasteiger partial charge is 0.352 e. The third-order valence-corrected chi connectivity index (χ3v) is 6.91. The molecule has 4 fully saturated rings. The van der Waals surface area contributed by atoms with Gasteiger partial charge < -0.3 is 11.1 Å². The van der Waals surface area contributed by atoms with Crippen molar-refractivity contribution in [3.63, 3.8) is 0 Å². The second-order valence-corrected chi connectivity index (χ2v) is 9.46. The molecule has 4 rings (SSSR count). The average Bonchev–Trinajstić information content (AvgIpc) is 2.54. The smallest absolute Gasteiger partial charge is 0.312 e. The van der Waals surface area contributed by atoms with E-state index in [4.69, 9.17) is 5.73 Å². The summed E-state index contributed by atoms with van der Waals surface area (Å²) < 4.78 is 0. The standard InChI is InChI=1S/C18H30N4O3S/c1-26-3-2-14(20-17(19)25)16(24)22-21-15(23)10-18-7-11-4-12(8-18)6-13(5-11)9-18/h11-14H,2-10H2,1H3,(H,21,23)(H,22,24)(H3,19,20,25)/t11?,12?,13?,14-,18?/m0/s1. The fourth-order valence-electron chi connectivity index (χ4n) is 5.79. The summed E-state index contributed by atoms with van der Waals surface area (Å²) in [7, 11) is 0. The normalized spacial score (nSPS) is 32.7. The number of primary amides is 1. The molecule has 4 amide bonds. The SMILES string of the molecule is CSCC[C@H](NC(N)=O)C(=O)NNC(=O)CC12CC3CC(CC(C3)C1)C2. The zero-order valence-corrected chi connectivity index (χ0v) is 16.2. The van der Waals surface area contributed by atoms with Crippen LogP contribution in [0.25, 0.3) is 0 Å². The van der Waals surface area contributed by atoms with Gasteiger partial charge in [-0.1, -0.05) is 0 Å². The van der Waals surface area contributed by atoms with Crippen molar-refractivity contribution in [3.8, 4) is 0 Å². The first-order chi connectivity index (χ1) is 12.4. The van der Waals surface area contributed by atoms with Crippen molar-refractivity contribution in [2.75, 3.05) is 12.0 Å². The van der Waals surface area contributed by atoms with Crippen molar-refractivity contribution < 1.29 is 14.4 Å². The number of nitrogens with one attached hydrogen (secondary N) is 3. The van der Waals surface area contributed by atoms with Crippen LogP contribution < -0.4 is 21.9 Å². The van der Waals surface area contributed by atoms with Crippen LogP contribution in [0.2, 0.25) is 0 Å². The molecular formula is C18H30N4O3S. The minimum atomic E-state index is -0.744. The molecule has 0 aromatic heterocycles. The minimum Gasteiger partial charge on any atom is -0.352 e. The highest BCUT2D eigenvalue weighted by molar-refractivity contribution is 7.98. The number of carbonyl (C=O) groups is 3. The Bertz CT molecular complexity index is 533. The summed E-state index contributed by atoms with van der Waals surface area (Å²) in [6.07, 6.45) is 10.3. The molecule has 8 heteroatoms. The average molecular weight is 383 g/mol. The fraction of sp³-hybridized carbons (Fsp3) is 0.833. The predicted octanol–water partition coefficient (Wildman–Crippen LogP) is 1.53. The zero-order valence-electron chi connectivity index (χ0n) is 15.4. The topological polar surface area (TPSA) is 113 Å². The quantitative estimate of drug-likeness (QED) is 0.500. The first-order valence-corrected chi connectivity index (χ1v) is 10.9. The van der Waals surface area contributed by atoms with Crippen LogP contribution in [0.15, 0.2) is 0 Å². The summed E-state index contributed by atoms with van der Waals surface area (Å²) in [5, 5.41) is 2.43. The van der Waals surface area contributed by atoms with Crippen molar-refractivity contribution in [2.24, 2.45) is 28.9 Å². The van der Waals surface area contributed by atoms with E-state index in [1.54, 1.807) is 11.8 Å². The molecule has 0 aromatic carbocycles. The Labute approximate surface area is 158 Å². The van der Waals surface area contributed by atoms with Gasteiger partial charge in [-0.25, -0.2) is 4.79 Å². The van der Waals surface area contributed by atoms with Crippen molar-refractivity contribution in [3.05, 3.63) is 0 Å². The first kappa shape index (κ1) is 19.3. The van der Waals surface area contributed by atoms with E-state index < -0.39 is 18.0 Å². The van der Waals surface area contributed by atoms with Gasteiger partial charge in [0.25, 0.3) is 5.91 Å². The Morgan fingerprint density at radius 1 is 1.08 bits per heavy atom. The van der Waals surface area contributed by atoms with Gasteiger partial charge in [0.2, 0.25) is 5.91 Å². The minimum absolute atomic E-state index is 0.132. The molecule has 26 heavy (non-hydrogen) atoms. The molecular weight excluding hydrogens is 352 g/mol. The predicted molar refractivity (Wildman–Crippen MR) is 101 cm³/mol. The number of amides is 4. The van der Waals surface area contributed by atoms with Crippen LogP contribution in [-0.4, -0.2) is 35.9 Å². The molecule has 5 N–H and O–H groups in total. The Hall–Kier alpha value is -1.44. The van der Waals surface area contributed by atoms with Crippen molar-refractivity contribution in [1.82, 2.24) is 16.2 Å². The molecule has 0 aromatic rings. The molecule has 0 saturated heterocycles. The second-order valence-electron chi connectivity index (χ2n) is 8.47. The van der Waals surface area contributed by atoms with Gasteiger partial charge in [-0.15, -0.1) is 0 Å². The Kier molecular flexibility index (Phi) is 5.99. The van der Waals surface area contributed by atoms with Gasteiger partial charge in [0, 0.05) is 6.42 Å². The van der Waals surface area contributed by atoms with Gasteiger partial charge in [0.1, 0.15) is 6.04 Å². The van der Waals surface area contributed by atoms with E-state index in [0.717, 1.165) is 37.0 Å². The van der Waals surface area contributed by atoms with E-state index in [0.29, 0.717) is 18.6 Å². The zero-order chi connectivity index (χ0) is 18.7. The summed E-state index contributed by atoms with van der Waals surface area (Å²) >= 11 is 1.58. The van der Waals surface area contributed by atoms with Crippen molar-refractivity contribution in [1.29, 1.82) is 0 Å². The molecule has 4 saturated carbocycles. The van der Waals surface area contributed by atoms with Crippen LogP contribution in [0.5, 0.6) is 0 Å². The highest BCUT2D eigenvalue weighted by Crippen LogP contribution is 2.61. The van der Waals surface area contributed by atoms with Crippen molar-refractivity contribution >= 4 is 29.6 Å². The molecule has 4 aliphatic rings. The molecule has 0 spiro atoms. The molecule has 0 aliphatic heterocycles. The van der Waals surface area contributed by atoms with Gasteiger partial charge in [-0.3, -0.25) is 20.4 Å². The Morgan fingerprint density at radius 3 is 2.15 bits per heavy atom. The lowest BCUT2D eigenvalue weighted by atomic mass is 9.49. The number of carbonyl (C=O) groups excluding carboxylic acids is 3. The summed E-state index contributed by atoms with van der Waals surface area (Å²) in [5.74, 6) is 2.51. The van der Waals surface area contributed by atoms with E-state index in [1.165, 1.54) is 19.3 Å². The van der Waals surface area contributed by atoms with Gasteiger partial charge in [-0.05, 0) is 80.1 Å². The van der Waals surface area contributed by atoms with Crippen molar-refractivity contribution in [2.45, 2.75) is 57.4 Å². The number of hydrogen-bond donors (Lipinski definition) is 4. The lowest BCUT2D eigenvalue weighted by molar-refractivity contribution is -0.134. The van der Waals surface area contributed by atoms with E-state index in [1.807, 2.05) is 6.26 Å². The number of urea groups is 1. The number of hydrogen-bond acceptors (Lipinski definition) is 4. The molecule has 0 radical (unpaired) electrons. The number of thioether (sulfide) groups is 1. The maximum atomic E-state index is 12.4. The molecule has 7 nitrogen and oxygen atoms in total. The van der Waals surface area contributed by atoms with E-state index in [9.17, 15) is 14.4 Å². The number of hydrazine groups is 1. The third kappa shape index (κ3) is 4.64. The molecule has 4 bridgehead atoms. The summed E-state index contributed by atoms with van der Waals surface area (Å²) in [6, 6.07) is -1.48. The van der Waals surface area contributed by atoms with Gasteiger partial charge in [0.05, 0.1) is 0 Å². The van der Waals surface area contributed by atoms with Gasteiger partial charge in [0.15, 0.2) is 0 Å². The molecule has 146 valence electrons. The van der Waals surface area contributed by atoms with Crippen LogP contribution in [0.3, 0.4) is 0 Å². The van der Waals surface area contributed by atoms with E-state index >= 15 is 0 Å². The molecule has 0 unspecified atom stereocenters. The highest BCUT2D eigenvalue weighted by atomic mass is 32.2.